The lowest BCUT2D eigenvalue weighted by Gasteiger charge is -2.10. The van der Waals surface area contributed by atoms with Crippen LogP contribution in [-0.4, -0.2) is 5.11 Å². The van der Waals surface area contributed by atoms with Crippen LogP contribution in [0, 0.1) is 0 Å². The van der Waals surface area contributed by atoms with E-state index in [1.165, 1.54) is 16.7 Å². The van der Waals surface area contributed by atoms with Gasteiger partial charge in [-0.15, -0.1) is 0 Å². The summed E-state index contributed by atoms with van der Waals surface area (Å²) >= 11 is 0. The zero-order valence-electron chi connectivity index (χ0n) is 10.4. The Morgan fingerprint density at radius 3 is 2.50 bits per heavy atom. The second kappa shape index (κ2) is 4.43. The highest BCUT2D eigenvalue weighted by molar-refractivity contribution is 5.81. The van der Waals surface area contributed by atoms with Crippen LogP contribution in [0.3, 0.4) is 0 Å². The van der Waals surface area contributed by atoms with Crippen LogP contribution in [0.4, 0.5) is 0 Å². The molecule has 1 N–H and O–H groups in total. The predicted molar refractivity (Wildman–Crippen MR) is 75.1 cm³/mol. The Kier molecular flexibility index (Phi) is 2.77. The molecule has 0 amide bonds. The number of benzene rings is 2. The van der Waals surface area contributed by atoms with Crippen molar-refractivity contribution >= 4 is 6.08 Å². The van der Waals surface area contributed by atoms with Gasteiger partial charge < -0.3 is 5.11 Å². The molecule has 1 atom stereocenters. The maximum atomic E-state index is 10.2. The molecule has 3 rings (SSSR count). The highest BCUT2D eigenvalue weighted by Gasteiger charge is 2.23. The topological polar surface area (TPSA) is 20.2 Å². The van der Waals surface area contributed by atoms with Crippen LogP contribution in [0.5, 0.6) is 0 Å². The predicted octanol–water partition coefficient (Wildman–Crippen LogP) is 4.19. The fourth-order valence-electron chi connectivity index (χ4n) is 2.61. The summed E-state index contributed by atoms with van der Waals surface area (Å²) in [7, 11) is 0. The van der Waals surface area contributed by atoms with E-state index in [2.05, 4.69) is 31.2 Å². The second-order valence-corrected chi connectivity index (χ2v) is 4.65. The van der Waals surface area contributed by atoms with Crippen molar-refractivity contribution in [1.29, 1.82) is 0 Å². The largest absolute Gasteiger partial charge is 0.384 e. The van der Waals surface area contributed by atoms with Crippen molar-refractivity contribution in [1.82, 2.24) is 0 Å². The van der Waals surface area contributed by atoms with Gasteiger partial charge in [0.1, 0.15) is 6.10 Å². The molecular weight excluding hydrogens is 220 g/mol. The van der Waals surface area contributed by atoms with E-state index in [9.17, 15) is 5.11 Å². The third kappa shape index (κ3) is 1.68. The average molecular weight is 236 g/mol. The van der Waals surface area contributed by atoms with Crippen molar-refractivity contribution in [2.45, 2.75) is 19.4 Å². The van der Waals surface area contributed by atoms with Gasteiger partial charge >= 0.3 is 0 Å². The van der Waals surface area contributed by atoms with Crippen LogP contribution in [0.2, 0.25) is 0 Å². The maximum absolute atomic E-state index is 10.2. The standard InChI is InChI=1S/C17H16O/c1-2-12-11-16-14(13-7-4-3-5-8-13)9-6-10-15(16)17(12)18/h3-11,17-18H,2H2,1H3. The quantitative estimate of drug-likeness (QED) is 0.828. The molecule has 0 radical (unpaired) electrons. The zero-order valence-corrected chi connectivity index (χ0v) is 10.4. The van der Waals surface area contributed by atoms with Crippen LogP contribution < -0.4 is 0 Å². The molecule has 0 bridgehead atoms. The van der Waals surface area contributed by atoms with E-state index in [1.807, 2.05) is 30.3 Å². The fourth-order valence-corrected chi connectivity index (χ4v) is 2.61. The molecule has 2 aromatic carbocycles. The highest BCUT2D eigenvalue weighted by Crippen LogP contribution is 2.40. The molecular formula is C17H16O. The number of aliphatic hydroxyl groups excluding tert-OH is 1. The molecule has 1 aliphatic carbocycles. The van der Waals surface area contributed by atoms with Crippen LogP contribution in [0.15, 0.2) is 54.1 Å². The van der Waals surface area contributed by atoms with Gasteiger partial charge in [-0.25, -0.2) is 0 Å². The normalized spacial score (nSPS) is 17.4. The highest BCUT2D eigenvalue weighted by atomic mass is 16.3. The van der Waals surface area contributed by atoms with E-state index in [4.69, 9.17) is 0 Å². The minimum absolute atomic E-state index is 0.423. The molecule has 0 aliphatic heterocycles. The van der Waals surface area contributed by atoms with Crippen molar-refractivity contribution in [2.75, 3.05) is 0 Å². The van der Waals surface area contributed by atoms with Gasteiger partial charge in [0.25, 0.3) is 0 Å². The van der Waals surface area contributed by atoms with Crippen molar-refractivity contribution in [3.8, 4) is 11.1 Å². The molecule has 0 spiro atoms. The number of aliphatic hydroxyl groups is 1. The summed E-state index contributed by atoms with van der Waals surface area (Å²) in [4.78, 5) is 0. The molecule has 90 valence electrons. The molecule has 1 nitrogen and oxygen atoms in total. The molecule has 1 unspecified atom stereocenters. The first-order chi connectivity index (χ1) is 8.81. The Labute approximate surface area is 107 Å². The van der Waals surface area contributed by atoms with Crippen molar-refractivity contribution < 1.29 is 5.11 Å². The minimum atomic E-state index is -0.423. The van der Waals surface area contributed by atoms with E-state index in [-0.39, 0.29) is 0 Å². The van der Waals surface area contributed by atoms with E-state index >= 15 is 0 Å². The third-order valence-electron chi connectivity index (χ3n) is 3.61. The van der Waals surface area contributed by atoms with Crippen molar-refractivity contribution in [2.24, 2.45) is 0 Å². The summed E-state index contributed by atoms with van der Waals surface area (Å²) in [6, 6.07) is 16.5. The first-order valence-corrected chi connectivity index (χ1v) is 6.38. The molecule has 0 saturated carbocycles. The van der Waals surface area contributed by atoms with Crippen LogP contribution >= 0.6 is 0 Å². The maximum Gasteiger partial charge on any atom is 0.101 e. The average Bonchev–Trinajstić information content (AvgIpc) is 2.77. The molecule has 0 heterocycles. The van der Waals surface area contributed by atoms with Crippen LogP contribution in [-0.2, 0) is 0 Å². The Morgan fingerprint density at radius 2 is 1.78 bits per heavy atom. The summed E-state index contributed by atoms with van der Waals surface area (Å²) in [6.07, 6.45) is 2.61. The Bertz CT molecular complexity index is 596. The molecule has 1 aliphatic rings. The first-order valence-electron chi connectivity index (χ1n) is 6.38. The lowest BCUT2D eigenvalue weighted by molar-refractivity contribution is 0.216. The van der Waals surface area contributed by atoms with Gasteiger partial charge in [0.2, 0.25) is 0 Å². The number of fused-ring (bicyclic) bond motifs is 1. The van der Waals surface area contributed by atoms with Gasteiger partial charge in [-0.2, -0.15) is 0 Å². The van der Waals surface area contributed by atoms with Gasteiger partial charge in [-0.3, -0.25) is 0 Å². The van der Waals surface area contributed by atoms with E-state index < -0.39 is 6.10 Å². The van der Waals surface area contributed by atoms with Gasteiger partial charge in [0.15, 0.2) is 0 Å². The van der Waals surface area contributed by atoms with Crippen molar-refractivity contribution in [3.05, 3.63) is 65.2 Å². The SMILES string of the molecule is CCC1=Cc2c(-c3ccccc3)cccc2C1O. The van der Waals surface area contributed by atoms with Gasteiger partial charge in [-0.05, 0) is 34.2 Å². The van der Waals surface area contributed by atoms with Crippen LogP contribution in [0.25, 0.3) is 17.2 Å². The summed E-state index contributed by atoms with van der Waals surface area (Å²) in [5, 5.41) is 10.2. The lowest BCUT2D eigenvalue weighted by atomic mass is 9.96. The van der Waals surface area contributed by atoms with Gasteiger partial charge in [-0.1, -0.05) is 61.5 Å². The summed E-state index contributed by atoms with van der Waals surface area (Å²) in [5.41, 5.74) is 5.72. The number of rotatable bonds is 2. The molecule has 1 heteroatoms. The Balaban J connectivity index is 2.18. The Morgan fingerprint density at radius 1 is 1.00 bits per heavy atom. The summed E-state index contributed by atoms with van der Waals surface area (Å²) in [6.45, 7) is 2.09. The monoisotopic (exact) mass is 236 g/mol. The smallest absolute Gasteiger partial charge is 0.101 e. The third-order valence-corrected chi connectivity index (χ3v) is 3.61. The van der Waals surface area contributed by atoms with Gasteiger partial charge in [0, 0.05) is 0 Å². The number of hydrogen-bond donors (Lipinski definition) is 1. The molecule has 0 saturated heterocycles. The fraction of sp³-hybridized carbons (Fsp3) is 0.176. The van der Waals surface area contributed by atoms with Crippen molar-refractivity contribution in [3.63, 3.8) is 0 Å². The van der Waals surface area contributed by atoms with E-state index in [1.54, 1.807) is 0 Å². The van der Waals surface area contributed by atoms with Gasteiger partial charge in [0.05, 0.1) is 0 Å². The van der Waals surface area contributed by atoms with E-state index in [0.29, 0.717) is 0 Å². The molecule has 18 heavy (non-hydrogen) atoms. The molecule has 0 fully saturated rings. The molecule has 2 aromatic rings. The lowest BCUT2D eigenvalue weighted by Crippen LogP contribution is -1.96. The Hall–Kier alpha value is -1.86. The zero-order chi connectivity index (χ0) is 12.5. The summed E-state index contributed by atoms with van der Waals surface area (Å²) < 4.78 is 0. The van der Waals surface area contributed by atoms with Crippen LogP contribution in [0.1, 0.15) is 30.6 Å². The minimum Gasteiger partial charge on any atom is -0.384 e. The van der Waals surface area contributed by atoms with E-state index in [0.717, 1.165) is 17.6 Å². The second-order valence-electron chi connectivity index (χ2n) is 4.65. The molecule has 0 aromatic heterocycles. The first kappa shape index (κ1) is 11.2. The summed E-state index contributed by atoms with van der Waals surface area (Å²) in [5.74, 6) is 0. The number of hydrogen-bond acceptors (Lipinski definition) is 1.